The van der Waals surface area contributed by atoms with E-state index in [-0.39, 0.29) is 24.1 Å². The summed E-state index contributed by atoms with van der Waals surface area (Å²) in [5, 5.41) is 4.10. The van der Waals surface area contributed by atoms with E-state index in [1.807, 2.05) is 13.8 Å². The molecule has 29 heavy (non-hydrogen) atoms. The first-order valence-corrected chi connectivity index (χ1v) is 9.17. The first-order chi connectivity index (χ1) is 13.9. The van der Waals surface area contributed by atoms with Gasteiger partial charge in [0.25, 0.3) is 5.91 Å². The van der Waals surface area contributed by atoms with Gasteiger partial charge in [-0.15, -0.1) is 0 Å². The third kappa shape index (κ3) is 4.56. The Bertz CT molecular complexity index is 1000. The Morgan fingerprint density at radius 1 is 1.14 bits per heavy atom. The molecule has 0 aliphatic heterocycles. The number of halogens is 1. The molecule has 0 radical (unpaired) electrons. The number of carbonyl (C=O) groups excluding carboxylic acids is 1. The lowest BCUT2D eigenvalue weighted by atomic mass is 10.1. The molecule has 0 saturated heterocycles. The predicted molar refractivity (Wildman–Crippen MR) is 106 cm³/mol. The average Bonchev–Trinajstić information content (AvgIpc) is 3.19. The van der Waals surface area contributed by atoms with E-state index in [4.69, 9.17) is 14.0 Å². The van der Waals surface area contributed by atoms with Gasteiger partial charge in [0.2, 0.25) is 0 Å². The van der Waals surface area contributed by atoms with Crippen molar-refractivity contribution >= 4 is 5.91 Å². The second kappa shape index (κ2) is 8.77. The number of nitrogens with zero attached hydrogens (tertiary/aromatic N) is 2. The second-order valence-corrected chi connectivity index (χ2v) is 6.79. The molecule has 0 spiro atoms. The van der Waals surface area contributed by atoms with Crippen LogP contribution in [0.4, 0.5) is 4.39 Å². The third-order valence-corrected chi connectivity index (χ3v) is 4.52. The molecule has 7 heteroatoms. The van der Waals surface area contributed by atoms with Crippen molar-refractivity contribution in [3.63, 3.8) is 0 Å². The highest BCUT2D eigenvalue weighted by molar-refractivity contribution is 5.94. The highest BCUT2D eigenvalue weighted by Gasteiger charge is 2.22. The van der Waals surface area contributed by atoms with Crippen molar-refractivity contribution in [1.29, 1.82) is 0 Å². The topological polar surface area (TPSA) is 64.8 Å². The van der Waals surface area contributed by atoms with Gasteiger partial charge in [-0.1, -0.05) is 11.2 Å². The van der Waals surface area contributed by atoms with Crippen LogP contribution in [0.3, 0.4) is 0 Å². The molecule has 0 atom stereocenters. The van der Waals surface area contributed by atoms with Crippen LogP contribution in [0.2, 0.25) is 0 Å². The smallest absolute Gasteiger partial charge is 0.254 e. The zero-order valence-electron chi connectivity index (χ0n) is 16.8. The third-order valence-electron chi connectivity index (χ3n) is 4.52. The van der Waals surface area contributed by atoms with Crippen LogP contribution in [0.1, 0.15) is 29.9 Å². The highest BCUT2D eigenvalue weighted by Crippen LogP contribution is 2.34. The molecule has 1 heterocycles. The van der Waals surface area contributed by atoms with Gasteiger partial charge in [-0.25, -0.2) is 4.39 Å². The number of aromatic nitrogens is 1. The van der Waals surface area contributed by atoms with Crippen molar-refractivity contribution in [2.45, 2.75) is 26.4 Å². The summed E-state index contributed by atoms with van der Waals surface area (Å²) in [6.07, 6.45) is 0. The number of methoxy groups -OCH3 is 2. The fraction of sp³-hybridized carbons (Fsp3) is 0.273. The van der Waals surface area contributed by atoms with Crippen LogP contribution in [-0.2, 0) is 6.54 Å². The molecule has 1 amide bonds. The van der Waals surface area contributed by atoms with Gasteiger partial charge in [-0.2, -0.15) is 0 Å². The fourth-order valence-corrected chi connectivity index (χ4v) is 2.97. The van der Waals surface area contributed by atoms with Gasteiger partial charge >= 0.3 is 0 Å². The Balaban J connectivity index is 1.87. The van der Waals surface area contributed by atoms with Crippen LogP contribution in [0.5, 0.6) is 11.5 Å². The average molecular weight is 398 g/mol. The van der Waals surface area contributed by atoms with Crippen molar-refractivity contribution < 1.29 is 23.2 Å². The summed E-state index contributed by atoms with van der Waals surface area (Å²) in [6, 6.07) is 12.7. The number of rotatable bonds is 7. The Hall–Kier alpha value is -3.35. The standard InChI is InChI=1S/C22H23FN2O4/c1-14(2)25(22(26)15-6-5-7-16(23)10-15)13-17-11-21(29-24-17)19-12-18(27-3)8-9-20(19)28-4/h5-12,14H,13H2,1-4H3. The first-order valence-electron chi connectivity index (χ1n) is 9.17. The monoisotopic (exact) mass is 398 g/mol. The maximum atomic E-state index is 13.5. The van der Waals surface area contributed by atoms with E-state index in [9.17, 15) is 9.18 Å². The van der Waals surface area contributed by atoms with Gasteiger partial charge in [0.1, 0.15) is 23.0 Å². The van der Waals surface area contributed by atoms with Crippen molar-refractivity contribution in [2.24, 2.45) is 0 Å². The molecular weight excluding hydrogens is 375 g/mol. The minimum absolute atomic E-state index is 0.114. The summed E-state index contributed by atoms with van der Waals surface area (Å²) in [7, 11) is 3.15. The summed E-state index contributed by atoms with van der Waals surface area (Å²) in [4.78, 5) is 14.5. The normalized spacial score (nSPS) is 10.8. The van der Waals surface area contributed by atoms with Gasteiger partial charge in [-0.3, -0.25) is 4.79 Å². The number of carbonyl (C=O) groups is 1. The molecule has 1 aromatic heterocycles. The molecule has 0 aliphatic carbocycles. The summed E-state index contributed by atoms with van der Waals surface area (Å²) in [5.41, 5.74) is 1.55. The van der Waals surface area contributed by atoms with Gasteiger partial charge < -0.3 is 18.9 Å². The Morgan fingerprint density at radius 3 is 2.59 bits per heavy atom. The molecule has 0 saturated carbocycles. The molecule has 3 aromatic rings. The van der Waals surface area contributed by atoms with Crippen LogP contribution < -0.4 is 9.47 Å². The number of ether oxygens (including phenoxy) is 2. The van der Waals surface area contributed by atoms with E-state index in [1.165, 1.54) is 18.2 Å². The van der Waals surface area contributed by atoms with Crippen molar-refractivity contribution in [1.82, 2.24) is 10.1 Å². The molecule has 0 fully saturated rings. The predicted octanol–water partition coefficient (Wildman–Crippen LogP) is 4.55. The maximum Gasteiger partial charge on any atom is 0.254 e. The van der Waals surface area contributed by atoms with E-state index in [0.717, 1.165) is 0 Å². The maximum absolute atomic E-state index is 13.5. The van der Waals surface area contributed by atoms with Crippen molar-refractivity contribution in [3.8, 4) is 22.8 Å². The fourth-order valence-electron chi connectivity index (χ4n) is 2.97. The largest absolute Gasteiger partial charge is 0.497 e. The van der Waals surface area contributed by atoms with E-state index < -0.39 is 5.82 Å². The molecule has 152 valence electrons. The number of benzene rings is 2. The van der Waals surface area contributed by atoms with E-state index in [2.05, 4.69) is 5.16 Å². The quantitative estimate of drug-likeness (QED) is 0.584. The summed E-state index contributed by atoms with van der Waals surface area (Å²) >= 11 is 0. The van der Waals surface area contributed by atoms with Crippen LogP contribution in [-0.4, -0.2) is 36.2 Å². The summed E-state index contributed by atoms with van der Waals surface area (Å²) < 4.78 is 29.7. The van der Waals surface area contributed by atoms with Crippen molar-refractivity contribution in [3.05, 3.63) is 65.6 Å². The van der Waals surface area contributed by atoms with Crippen LogP contribution in [0.15, 0.2) is 53.1 Å². The molecular formula is C22H23FN2O4. The van der Waals surface area contributed by atoms with Gasteiger partial charge in [0.15, 0.2) is 5.76 Å². The van der Waals surface area contributed by atoms with Crippen molar-refractivity contribution in [2.75, 3.05) is 14.2 Å². The molecule has 0 bridgehead atoms. The van der Waals surface area contributed by atoms with E-state index in [0.29, 0.717) is 28.5 Å². The lowest BCUT2D eigenvalue weighted by Gasteiger charge is -2.25. The zero-order chi connectivity index (χ0) is 21.0. The Morgan fingerprint density at radius 2 is 1.93 bits per heavy atom. The summed E-state index contributed by atoms with van der Waals surface area (Å²) in [6.45, 7) is 4.01. The number of hydrogen-bond donors (Lipinski definition) is 0. The Labute approximate surface area is 168 Å². The van der Waals surface area contributed by atoms with Gasteiger partial charge in [0, 0.05) is 17.7 Å². The van der Waals surface area contributed by atoms with Crippen LogP contribution in [0.25, 0.3) is 11.3 Å². The SMILES string of the molecule is COc1ccc(OC)c(-c2cc(CN(C(=O)c3cccc(F)c3)C(C)C)no2)c1. The van der Waals surface area contributed by atoms with E-state index >= 15 is 0 Å². The number of amides is 1. The molecule has 0 N–H and O–H groups in total. The molecule has 6 nitrogen and oxygen atoms in total. The minimum Gasteiger partial charge on any atom is -0.497 e. The molecule has 0 unspecified atom stereocenters. The molecule has 2 aromatic carbocycles. The number of hydrogen-bond acceptors (Lipinski definition) is 5. The Kier molecular flexibility index (Phi) is 6.16. The van der Waals surface area contributed by atoms with E-state index in [1.54, 1.807) is 49.5 Å². The summed E-state index contributed by atoms with van der Waals surface area (Å²) in [5.74, 6) is 1.04. The van der Waals surface area contributed by atoms with Crippen LogP contribution in [0, 0.1) is 5.82 Å². The minimum atomic E-state index is -0.451. The van der Waals surface area contributed by atoms with Crippen LogP contribution >= 0.6 is 0 Å². The molecule has 0 aliphatic rings. The molecule has 3 rings (SSSR count). The van der Waals surface area contributed by atoms with Gasteiger partial charge in [0.05, 0.1) is 26.3 Å². The van der Waals surface area contributed by atoms with Gasteiger partial charge in [-0.05, 0) is 50.2 Å². The zero-order valence-corrected chi connectivity index (χ0v) is 16.8. The highest BCUT2D eigenvalue weighted by atomic mass is 19.1. The second-order valence-electron chi connectivity index (χ2n) is 6.79. The first kappa shape index (κ1) is 20.4. The lowest BCUT2D eigenvalue weighted by molar-refractivity contribution is 0.0685. The lowest BCUT2D eigenvalue weighted by Crippen LogP contribution is -2.36.